The standard InChI is InChI=1S/C27H32F3NO2S/c1-4-5-6-7-8-9-10-26-21(3)25(22-13-15-23(16-14-22)27(28,29)30)19-31(26)34(32,33)24-17-11-20(2)12-18-24/h11-19H,4-10H2,1-3H3. The monoisotopic (exact) mass is 491 g/mol. The second kappa shape index (κ2) is 10.8. The predicted molar refractivity (Wildman–Crippen MR) is 130 cm³/mol. The Morgan fingerprint density at radius 1 is 0.824 bits per heavy atom. The van der Waals surface area contributed by atoms with E-state index in [1.54, 1.807) is 30.5 Å². The maximum Gasteiger partial charge on any atom is 0.416 e. The van der Waals surface area contributed by atoms with Crippen LogP contribution in [-0.4, -0.2) is 12.4 Å². The Kier molecular flexibility index (Phi) is 8.29. The van der Waals surface area contributed by atoms with Gasteiger partial charge in [-0.2, -0.15) is 13.2 Å². The number of halogens is 3. The number of hydrogen-bond donors (Lipinski definition) is 0. The number of alkyl halides is 3. The largest absolute Gasteiger partial charge is 0.416 e. The average Bonchev–Trinajstić information content (AvgIpc) is 3.13. The van der Waals surface area contributed by atoms with Gasteiger partial charge >= 0.3 is 6.18 Å². The van der Waals surface area contributed by atoms with Crippen LogP contribution >= 0.6 is 0 Å². The summed E-state index contributed by atoms with van der Waals surface area (Å²) in [6.45, 7) is 5.90. The molecule has 34 heavy (non-hydrogen) atoms. The zero-order valence-corrected chi connectivity index (χ0v) is 20.8. The Hall–Kier alpha value is -2.54. The molecular weight excluding hydrogens is 459 g/mol. The fraction of sp³-hybridized carbons (Fsp3) is 0.407. The summed E-state index contributed by atoms with van der Waals surface area (Å²) in [5, 5.41) is 0. The third-order valence-electron chi connectivity index (χ3n) is 6.22. The van der Waals surface area contributed by atoms with Crippen molar-refractivity contribution >= 4 is 10.0 Å². The molecule has 1 aromatic heterocycles. The molecule has 0 saturated heterocycles. The minimum absolute atomic E-state index is 0.191. The molecular formula is C27H32F3NO2S. The molecule has 3 rings (SSSR count). The number of benzene rings is 2. The molecule has 0 bridgehead atoms. The summed E-state index contributed by atoms with van der Waals surface area (Å²) < 4.78 is 67.4. The van der Waals surface area contributed by atoms with Gasteiger partial charge in [0.25, 0.3) is 10.0 Å². The molecule has 0 aliphatic rings. The Morgan fingerprint density at radius 2 is 1.41 bits per heavy atom. The average molecular weight is 492 g/mol. The van der Waals surface area contributed by atoms with Gasteiger partial charge in [0.2, 0.25) is 0 Å². The lowest BCUT2D eigenvalue weighted by Crippen LogP contribution is -2.15. The second-order valence-electron chi connectivity index (χ2n) is 8.82. The van der Waals surface area contributed by atoms with Crippen molar-refractivity contribution in [2.45, 2.75) is 76.8 Å². The lowest BCUT2D eigenvalue weighted by atomic mass is 10.0. The van der Waals surface area contributed by atoms with Gasteiger partial charge in [0.05, 0.1) is 10.5 Å². The van der Waals surface area contributed by atoms with Crippen molar-refractivity contribution in [2.24, 2.45) is 0 Å². The van der Waals surface area contributed by atoms with Crippen LogP contribution in [0.1, 0.15) is 67.8 Å². The van der Waals surface area contributed by atoms with Crippen molar-refractivity contribution in [1.82, 2.24) is 3.97 Å². The molecule has 0 amide bonds. The lowest BCUT2D eigenvalue weighted by molar-refractivity contribution is -0.137. The summed E-state index contributed by atoms with van der Waals surface area (Å²) in [6, 6.07) is 11.6. The van der Waals surface area contributed by atoms with Crippen LogP contribution in [0.5, 0.6) is 0 Å². The Morgan fingerprint density at radius 3 is 2.00 bits per heavy atom. The van der Waals surface area contributed by atoms with E-state index in [-0.39, 0.29) is 4.90 Å². The Labute approximate surface area is 200 Å². The van der Waals surface area contributed by atoms with Gasteiger partial charge in [-0.15, -0.1) is 0 Å². The number of unbranched alkanes of at least 4 members (excludes halogenated alkanes) is 5. The molecule has 0 aliphatic carbocycles. The number of aryl methyl sites for hydroxylation is 1. The molecule has 0 spiro atoms. The normalized spacial score (nSPS) is 12.3. The third kappa shape index (κ3) is 5.93. The zero-order valence-electron chi connectivity index (χ0n) is 20.0. The van der Waals surface area contributed by atoms with E-state index in [2.05, 4.69) is 6.92 Å². The van der Waals surface area contributed by atoms with E-state index in [1.165, 1.54) is 22.5 Å². The highest BCUT2D eigenvalue weighted by atomic mass is 32.2. The number of hydrogen-bond acceptors (Lipinski definition) is 2. The molecule has 1 heterocycles. The first kappa shape index (κ1) is 26.1. The molecule has 0 radical (unpaired) electrons. The fourth-order valence-corrected chi connectivity index (χ4v) is 5.62. The SMILES string of the molecule is CCCCCCCCc1c(C)c(-c2ccc(C(F)(F)F)cc2)cn1S(=O)(=O)c1ccc(C)cc1. The topological polar surface area (TPSA) is 39.1 Å². The minimum Gasteiger partial charge on any atom is -0.245 e. The van der Waals surface area contributed by atoms with Crippen LogP contribution in [0, 0.1) is 13.8 Å². The molecule has 0 unspecified atom stereocenters. The summed E-state index contributed by atoms with van der Waals surface area (Å²) in [4.78, 5) is 0.191. The fourth-order valence-electron chi connectivity index (χ4n) is 4.15. The van der Waals surface area contributed by atoms with Crippen LogP contribution in [0.4, 0.5) is 13.2 Å². The highest BCUT2D eigenvalue weighted by Crippen LogP contribution is 2.34. The van der Waals surface area contributed by atoms with Crippen molar-refractivity contribution in [2.75, 3.05) is 0 Å². The summed E-state index contributed by atoms with van der Waals surface area (Å²) in [6.07, 6.45) is 4.19. The maximum atomic E-state index is 13.5. The molecule has 0 saturated carbocycles. The van der Waals surface area contributed by atoms with E-state index in [0.717, 1.165) is 55.4 Å². The molecule has 0 fully saturated rings. The van der Waals surface area contributed by atoms with Gasteiger partial charge in [0.15, 0.2) is 0 Å². The summed E-state index contributed by atoms with van der Waals surface area (Å²) >= 11 is 0. The van der Waals surface area contributed by atoms with Crippen LogP contribution in [0.3, 0.4) is 0 Å². The number of rotatable bonds is 10. The van der Waals surface area contributed by atoms with Gasteiger partial charge < -0.3 is 0 Å². The summed E-state index contributed by atoms with van der Waals surface area (Å²) in [5.74, 6) is 0. The first-order valence-corrected chi connectivity index (χ1v) is 13.2. The molecule has 2 aromatic carbocycles. The molecule has 0 N–H and O–H groups in total. The van der Waals surface area contributed by atoms with Crippen LogP contribution < -0.4 is 0 Å². The second-order valence-corrected chi connectivity index (χ2v) is 10.6. The van der Waals surface area contributed by atoms with Gasteiger partial charge in [-0.3, -0.25) is 0 Å². The lowest BCUT2D eigenvalue weighted by Gasteiger charge is -2.12. The Bertz CT molecular complexity index is 1190. The maximum absolute atomic E-state index is 13.5. The Balaban J connectivity index is 2.00. The van der Waals surface area contributed by atoms with E-state index in [0.29, 0.717) is 23.2 Å². The molecule has 3 aromatic rings. The molecule has 3 nitrogen and oxygen atoms in total. The first-order chi connectivity index (χ1) is 16.1. The van der Waals surface area contributed by atoms with Crippen molar-refractivity contribution in [3.8, 4) is 11.1 Å². The molecule has 0 aliphatic heterocycles. The summed E-state index contributed by atoms with van der Waals surface area (Å²) in [7, 11) is -3.84. The van der Waals surface area contributed by atoms with Crippen LogP contribution in [-0.2, 0) is 22.6 Å². The highest BCUT2D eigenvalue weighted by molar-refractivity contribution is 7.90. The third-order valence-corrected chi connectivity index (χ3v) is 7.93. The van der Waals surface area contributed by atoms with Crippen LogP contribution in [0.2, 0.25) is 0 Å². The number of nitrogens with zero attached hydrogens (tertiary/aromatic N) is 1. The van der Waals surface area contributed by atoms with Gasteiger partial charge in [-0.05, 0) is 62.1 Å². The van der Waals surface area contributed by atoms with Gasteiger partial charge in [0.1, 0.15) is 0 Å². The van der Waals surface area contributed by atoms with E-state index >= 15 is 0 Å². The van der Waals surface area contributed by atoms with E-state index in [4.69, 9.17) is 0 Å². The van der Waals surface area contributed by atoms with Crippen LogP contribution in [0.25, 0.3) is 11.1 Å². The van der Waals surface area contributed by atoms with Gasteiger partial charge in [-0.1, -0.05) is 68.9 Å². The molecule has 7 heteroatoms. The van der Waals surface area contributed by atoms with Gasteiger partial charge in [0, 0.05) is 17.5 Å². The van der Waals surface area contributed by atoms with E-state index in [1.807, 2.05) is 13.8 Å². The highest BCUT2D eigenvalue weighted by Gasteiger charge is 2.30. The molecule has 0 atom stereocenters. The van der Waals surface area contributed by atoms with Crippen molar-refractivity contribution < 1.29 is 21.6 Å². The smallest absolute Gasteiger partial charge is 0.245 e. The van der Waals surface area contributed by atoms with E-state index < -0.39 is 21.8 Å². The van der Waals surface area contributed by atoms with Crippen molar-refractivity contribution in [3.05, 3.63) is 77.1 Å². The predicted octanol–water partition coefficient (Wildman–Crippen LogP) is 7.93. The number of aromatic nitrogens is 1. The quantitative estimate of drug-likeness (QED) is 0.270. The molecule has 184 valence electrons. The van der Waals surface area contributed by atoms with Crippen molar-refractivity contribution in [3.63, 3.8) is 0 Å². The van der Waals surface area contributed by atoms with Crippen molar-refractivity contribution in [1.29, 1.82) is 0 Å². The minimum atomic E-state index is -4.42. The van der Waals surface area contributed by atoms with Gasteiger partial charge in [-0.25, -0.2) is 12.4 Å². The van der Waals surface area contributed by atoms with Crippen LogP contribution in [0.15, 0.2) is 59.6 Å². The van der Waals surface area contributed by atoms with E-state index in [9.17, 15) is 21.6 Å². The zero-order chi connectivity index (χ0) is 24.9. The first-order valence-electron chi connectivity index (χ1n) is 11.8. The summed E-state index contributed by atoms with van der Waals surface area (Å²) in [5.41, 5.74) is 2.89.